The van der Waals surface area contributed by atoms with E-state index >= 15 is 0 Å². The molecule has 0 aromatic rings. The van der Waals surface area contributed by atoms with Gasteiger partial charge in [0.1, 0.15) is 0 Å². The van der Waals surface area contributed by atoms with E-state index in [9.17, 15) is 0 Å². The molecule has 1 aliphatic rings. The van der Waals surface area contributed by atoms with Crippen LogP contribution in [-0.2, 0) is 0 Å². The predicted octanol–water partition coefficient (Wildman–Crippen LogP) is 2.61. The van der Waals surface area contributed by atoms with Gasteiger partial charge >= 0.3 is 0 Å². The van der Waals surface area contributed by atoms with Crippen LogP contribution in [0.3, 0.4) is 0 Å². The van der Waals surface area contributed by atoms with Gasteiger partial charge in [-0.1, -0.05) is 31.5 Å². The van der Waals surface area contributed by atoms with Crippen LogP contribution in [0.15, 0.2) is 4.99 Å². The average Bonchev–Trinajstić information content (AvgIpc) is 2.40. The maximum Gasteiger partial charge on any atom is 0.154 e. The Kier molecular flexibility index (Phi) is 7.32. The summed E-state index contributed by atoms with van der Waals surface area (Å²) in [6.07, 6.45) is 5.15. The topological polar surface area (TPSA) is 38.4 Å². The van der Waals surface area contributed by atoms with Gasteiger partial charge in [0.25, 0.3) is 0 Å². The lowest BCUT2D eigenvalue weighted by molar-refractivity contribution is 0.708. The van der Waals surface area contributed by atoms with Crippen molar-refractivity contribution in [2.24, 2.45) is 10.7 Å². The van der Waals surface area contributed by atoms with E-state index in [-0.39, 0.29) is 24.0 Å². The lowest BCUT2D eigenvalue weighted by Gasteiger charge is -2.03. The largest absolute Gasteiger partial charge is 0.379 e. The number of amidine groups is 1. The van der Waals surface area contributed by atoms with Crippen molar-refractivity contribution in [3.05, 3.63) is 0 Å². The first-order chi connectivity index (χ1) is 5.33. The van der Waals surface area contributed by atoms with Crippen molar-refractivity contribution in [1.29, 1.82) is 0 Å². The Bertz CT molecular complexity index is 144. The molecule has 0 spiro atoms. The minimum Gasteiger partial charge on any atom is -0.379 e. The van der Waals surface area contributed by atoms with Gasteiger partial charge in [0, 0.05) is 0 Å². The zero-order chi connectivity index (χ0) is 8.10. The van der Waals surface area contributed by atoms with E-state index < -0.39 is 0 Å². The zero-order valence-electron chi connectivity index (χ0n) is 7.45. The third-order valence-electron chi connectivity index (χ3n) is 1.93. The molecule has 0 radical (unpaired) electrons. The fourth-order valence-electron chi connectivity index (χ4n) is 1.40. The lowest BCUT2D eigenvalue weighted by atomic mass is 10.3. The fourth-order valence-corrected chi connectivity index (χ4v) is 1.92. The smallest absolute Gasteiger partial charge is 0.154 e. The van der Waals surface area contributed by atoms with Gasteiger partial charge in [0.05, 0.1) is 6.04 Å². The molecule has 1 fully saturated rings. The van der Waals surface area contributed by atoms with E-state index in [2.05, 4.69) is 11.9 Å². The number of halogens is 1. The van der Waals surface area contributed by atoms with Gasteiger partial charge in [-0.3, -0.25) is 4.99 Å². The first kappa shape index (κ1) is 12.6. The second-order valence-corrected chi connectivity index (χ2v) is 4.12. The molecule has 0 aliphatic heterocycles. The number of nitrogens with zero attached hydrogens (tertiary/aromatic N) is 1. The minimum absolute atomic E-state index is 0. The summed E-state index contributed by atoms with van der Waals surface area (Å²) in [7, 11) is 0. The van der Waals surface area contributed by atoms with E-state index in [0.29, 0.717) is 6.04 Å². The normalized spacial score (nSPS) is 19.2. The number of rotatable bonds is 2. The molecular weight excluding hydrogens is 283 g/mol. The molecule has 1 aliphatic carbocycles. The van der Waals surface area contributed by atoms with Crippen molar-refractivity contribution in [2.75, 3.05) is 5.75 Å². The molecule has 1 rings (SSSR count). The first-order valence-corrected chi connectivity index (χ1v) is 5.27. The molecule has 0 aromatic carbocycles. The first-order valence-electron chi connectivity index (χ1n) is 4.29. The van der Waals surface area contributed by atoms with E-state index in [4.69, 9.17) is 5.73 Å². The van der Waals surface area contributed by atoms with Crippen LogP contribution in [0, 0.1) is 0 Å². The van der Waals surface area contributed by atoms with Crippen LogP contribution in [-0.4, -0.2) is 17.0 Å². The third kappa shape index (κ3) is 4.54. The van der Waals surface area contributed by atoms with Crippen molar-refractivity contribution in [3.63, 3.8) is 0 Å². The maximum atomic E-state index is 5.68. The van der Waals surface area contributed by atoms with Gasteiger partial charge in [-0.25, -0.2) is 0 Å². The number of thioether (sulfide) groups is 1. The van der Waals surface area contributed by atoms with E-state index in [1.54, 1.807) is 11.8 Å². The van der Waals surface area contributed by atoms with Crippen LogP contribution >= 0.6 is 35.7 Å². The van der Waals surface area contributed by atoms with Crippen LogP contribution < -0.4 is 5.73 Å². The van der Waals surface area contributed by atoms with Crippen LogP contribution in [0.5, 0.6) is 0 Å². The number of aliphatic imine (C=N–C) groups is 1. The van der Waals surface area contributed by atoms with Crippen molar-refractivity contribution < 1.29 is 0 Å². The molecule has 0 aromatic heterocycles. The van der Waals surface area contributed by atoms with Crippen LogP contribution in [0.1, 0.15) is 32.6 Å². The number of hydrogen-bond acceptors (Lipinski definition) is 2. The Morgan fingerprint density at radius 1 is 1.50 bits per heavy atom. The summed E-state index contributed by atoms with van der Waals surface area (Å²) >= 11 is 1.65. The number of nitrogens with two attached hydrogens (primary N) is 1. The number of hydrogen-bond donors (Lipinski definition) is 1. The summed E-state index contributed by atoms with van der Waals surface area (Å²) in [5.74, 6) is 1.03. The lowest BCUT2D eigenvalue weighted by Crippen LogP contribution is -2.11. The quantitative estimate of drug-likeness (QED) is 0.484. The minimum atomic E-state index is 0. The molecule has 0 bridgehead atoms. The second kappa shape index (κ2) is 7.00. The highest BCUT2D eigenvalue weighted by Crippen LogP contribution is 2.21. The Morgan fingerprint density at radius 3 is 2.58 bits per heavy atom. The summed E-state index contributed by atoms with van der Waals surface area (Å²) in [6, 6.07) is 0.536. The summed E-state index contributed by atoms with van der Waals surface area (Å²) < 4.78 is 0. The molecular formula is C8H17IN2S. The Labute approximate surface area is 95.8 Å². The summed E-state index contributed by atoms with van der Waals surface area (Å²) in [6.45, 7) is 2.10. The van der Waals surface area contributed by atoms with E-state index in [1.165, 1.54) is 25.7 Å². The molecule has 1 saturated carbocycles. The highest BCUT2D eigenvalue weighted by molar-refractivity contribution is 14.0. The standard InChI is InChI=1S/C8H16N2S.HI/c1-2-11-8(9)10-7-5-3-4-6-7;/h7H,2-6H2,1H3,(H2,9,10);1H. The molecule has 0 saturated heterocycles. The molecule has 12 heavy (non-hydrogen) atoms. The van der Waals surface area contributed by atoms with Crippen LogP contribution in [0.2, 0.25) is 0 Å². The molecule has 0 atom stereocenters. The summed E-state index contributed by atoms with van der Waals surface area (Å²) in [5.41, 5.74) is 5.68. The highest BCUT2D eigenvalue weighted by atomic mass is 127. The SMILES string of the molecule is CCSC(N)=NC1CCCC1.I. The fraction of sp³-hybridized carbons (Fsp3) is 0.875. The van der Waals surface area contributed by atoms with Crippen molar-refractivity contribution in [3.8, 4) is 0 Å². The van der Waals surface area contributed by atoms with Crippen molar-refractivity contribution in [2.45, 2.75) is 38.6 Å². The van der Waals surface area contributed by atoms with E-state index in [0.717, 1.165) is 10.9 Å². The van der Waals surface area contributed by atoms with Crippen molar-refractivity contribution in [1.82, 2.24) is 0 Å². The zero-order valence-corrected chi connectivity index (χ0v) is 10.6. The predicted molar refractivity (Wildman–Crippen MR) is 67.4 cm³/mol. The monoisotopic (exact) mass is 300 g/mol. The molecule has 4 heteroatoms. The van der Waals surface area contributed by atoms with Gasteiger partial charge in [-0.15, -0.1) is 24.0 Å². The molecule has 2 nitrogen and oxygen atoms in total. The Balaban J connectivity index is 0.00000121. The van der Waals surface area contributed by atoms with Gasteiger partial charge in [0.2, 0.25) is 0 Å². The van der Waals surface area contributed by atoms with Gasteiger partial charge < -0.3 is 5.73 Å². The summed E-state index contributed by atoms with van der Waals surface area (Å²) in [5, 5.41) is 0.777. The van der Waals surface area contributed by atoms with Crippen LogP contribution in [0.4, 0.5) is 0 Å². The van der Waals surface area contributed by atoms with Gasteiger partial charge in [-0.2, -0.15) is 0 Å². The third-order valence-corrected chi connectivity index (χ3v) is 2.62. The van der Waals surface area contributed by atoms with Gasteiger partial charge in [-0.05, 0) is 18.6 Å². The highest BCUT2D eigenvalue weighted by Gasteiger charge is 2.13. The maximum absolute atomic E-state index is 5.68. The van der Waals surface area contributed by atoms with Crippen LogP contribution in [0.25, 0.3) is 0 Å². The van der Waals surface area contributed by atoms with Crippen molar-refractivity contribution >= 4 is 40.9 Å². The molecule has 0 amide bonds. The molecule has 0 unspecified atom stereocenters. The van der Waals surface area contributed by atoms with E-state index in [1.807, 2.05) is 0 Å². The molecule has 2 N–H and O–H groups in total. The summed E-state index contributed by atoms with van der Waals surface area (Å²) in [4.78, 5) is 4.42. The molecule has 0 heterocycles. The Morgan fingerprint density at radius 2 is 2.08 bits per heavy atom. The molecule has 72 valence electrons. The van der Waals surface area contributed by atoms with Gasteiger partial charge in [0.15, 0.2) is 5.17 Å². The average molecular weight is 300 g/mol. The second-order valence-electron chi connectivity index (χ2n) is 2.84. The Hall–Kier alpha value is 0.550.